The monoisotopic (exact) mass is 201 g/mol. The molecule has 1 aromatic rings. The van der Waals surface area contributed by atoms with E-state index in [9.17, 15) is 0 Å². The van der Waals surface area contributed by atoms with Crippen molar-refractivity contribution in [2.45, 2.75) is 25.8 Å². The average Bonchev–Trinajstić information content (AvgIpc) is 2.79. The van der Waals surface area contributed by atoms with Gasteiger partial charge in [-0.05, 0) is 30.2 Å². The number of nitrogens with zero attached hydrogens (tertiary/aromatic N) is 1. The van der Waals surface area contributed by atoms with E-state index in [4.69, 9.17) is 0 Å². The Morgan fingerprint density at radius 3 is 2.33 bits per heavy atom. The first-order valence-corrected chi connectivity index (χ1v) is 6.18. The molecule has 1 unspecified atom stereocenters. The highest BCUT2D eigenvalue weighted by atomic mass is 15.2. The van der Waals surface area contributed by atoms with Gasteiger partial charge in [-0.15, -0.1) is 0 Å². The van der Waals surface area contributed by atoms with Gasteiger partial charge in [-0.3, -0.25) is 4.90 Å². The molecule has 1 nitrogen and oxygen atoms in total. The Morgan fingerprint density at radius 2 is 1.67 bits per heavy atom. The van der Waals surface area contributed by atoms with Gasteiger partial charge in [0, 0.05) is 19.6 Å². The van der Waals surface area contributed by atoms with Crippen LogP contribution in [0.4, 0.5) is 0 Å². The van der Waals surface area contributed by atoms with E-state index >= 15 is 0 Å². The molecule has 2 atom stereocenters. The van der Waals surface area contributed by atoms with Gasteiger partial charge >= 0.3 is 0 Å². The van der Waals surface area contributed by atoms with Gasteiger partial charge in [-0.2, -0.15) is 0 Å². The second-order valence-electron chi connectivity index (χ2n) is 5.13. The quantitative estimate of drug-likeness (QED) is 0.711. The van der Waals surface area contributed by atoms with Gasteiger partial charge in [0.1, 0.15) is 0 Å². The molecule has 1 heterocycles. The van der Waals surface area contributed by atoms with Crippen LogP contribution in [0.3, 0.4) is 0 Å². The lowest BCUT2D eigenvalue weighted by molar-refractivity contribution is 0.303. The van der Waals surface area contributed by atoms with E-state index in [1.807, 2.05) is 0 Å². The molecule has 1 aliphatic heterocycles. The van der Waals surface area contributed by atoms with Crippen molar-refractivity contribution < 1.29 is 0 Å². The van der Waals surface area contributed by atoms with Crippen LogP contribution in [-0.2, 0) is 6.54 Å². The maximum Gasteiger partial charge on any atom is 0.0233 e. The van der Waals surface area contributed by atoms with Gasteiger partial charge < -0.3 is 0 Å². The first kappa shape index (κ1) is 9.41. The highest BCUT2D eigenvalue weighted by molar-refractivity contribution is 5.14. The van der Waals surface area contributed by atoms with Crippen molar-refractivity contribution in [1.82, 2.24) is 4.90 Å². The molecular weight excluding hydrogens is 182 g/mol. The summed E-state index contributed by atoms with van der Waals surface area (Å²) in [5.41, 5.74) is 1.47. The third-order valence-electron chi connectivity index (χ3n) is 4.05. The van der Waals surface area contributed by atoms with Crippen LogP contribution in [0.1, 0.15) is 24.8 Å². The molecule has 2 aliphatic rings. The summed E-state index contributed by atoms with van der Waals surface area (Å²) < 4.78 is 0. The minimum absolute atomic E-state index is 1.02. The molecule has 0 spiro atoms. The van der Waals surface area contributed by atoms with Crippen LogP contribution in [0, 0.1) is 11.8 Å². The molecule has 80 valence electrons. The molecule has 0 N–H and O–H groups in total. The Balaban J connectivity index is 1.62. The van der Waals surface area contributed by atoms with Gasteiger partial charge in [0.2, 0.25) is 0 Å². The van der Waals surface area contributed by atoms with E-state index in [0.717, 1.165) is 18.4 Å². The van der Waals surface area contributed by atoms with Gasteiger partial charge in [-0.25, -0.2) is 0 Å². The van der Waals surface area contributed by atoms with Crippen molar-refractivity contribution in [3.05, 3.63) is 35.9 Å². The molecule has 0 radical (unpaired) electrons. The Hall–Kier alpha value is -0.820. The first-order chi connectivity index (χ1) is 7.42. The van der Waals surface area contributed by atoms with Gasteiger partial charge in [0.25, 0.3) is 0 Å². The summed E-state index contributed by atoms with van der Waals surface area (Å²) in [5.74, 6) is 2.04. The molecule has 0 amide bonds. The smallest absolute Gasteiger partial charge is 0.0233 e. The van der Waals surface area contributed by atoms with Crippen LogP contribution in [0.15, 0.2) is 30.3 Å². The van der Waals surface area contributed by atoms with Crippen molar-refractivity contribution >= 4 is 0 Å². The predicted molar refractivity (Wildman–Crippen MR) is 62.6 cm³/mol. The second kappa shape index (κ2) is 3.97. The normalized spacial score (nSPS) is 30.7. The maximum atomic E-state index is 2.64. The van der Waals surface area contributed by atoms with E-state index in [1.165, 1.54) is 37.9 Å². The SMILES string of the molecule is c1ccc(CN2CC3CCC[C@H]3C2)cc1. The van der Waals surface area contributed by atoms with Crippen molar-refractivity contribution in [3.63, 3.8) is 0 Å². The first-order valence-electron chi connectivity index (χ1n) is 6.18. The molecule has 3 rings (SSSR count). The van der Waals surface area contributed by atoms with Crippen LogP contribution in [0.2, 0.25) is 0 Å². The zero-order valence-corrected chi connectivity index (χ0v) is 9.23. The minimum Gasteiger partial charge on any atom is -0.299 e. The summed E-state index contributed by atoms with van der Waals surface area (Å²) in [4.78, 5) is 2.64. The van der Waals surface area contributed by atoms with E-state index in [0.29, 0.717) is 0 Å². The van der Waals surface area contributed by atoms with Gasteiger partial charge in [0.15, 0.2) is 0 Å². The zero-order chi connectivity index (χ0) is 10.1. The van der Waals surface area contributed by atoms with Crippen LogP contribution >= 0.6 is 0 Å². The van der Waals surface area contributed by atoms with Crippen LogP contribution < -0.4 is 0 Å². The summed E-state index contributed by atoms with van der Waals surface area (Å²) in [6.45, 7) is 3.85. The van der Waals surface area contributed by atoms with Crippen LogP contribution in [0.25, 0.3) is 0 Å². The molecule has 1 aliphatic carbocycles. The molecule has 0 aromatic heterocycles. The molecular formula is C14H19N. The number of rotatable bonds is 2. The lowest BCUT2D eigenvalue weighted by atomic mass is 10.0. The number of likely N-dealkylation sites (tertiary alicyclic amines) is 1. The topological polar surface area (TPSA) is 3.24 Å². The standard InChI is InChI=1S/C14H19N/c1-2-5-12(6-3-1)9-15-10-13-7-4-8-14(13)11-15/h1-3,5-6,13-14H,4,7-11H2/t13-,14?/m0/s1. The van der Waals surface area contributed by atoms with E-state index in [-0.39, 0.29) is 0 Å². The summed E-state index contributed by atoms with van der Waals surface area (Å²) in [5, 5.41) is 0. The summed E-state index contributed by atoms with van der Waals surface area (Å²) >= 11 is 0. The number of hydrogen-bond donors (Lipinski definition) is 0. The van der Waals surface area contributed by atoms with Gasteiger partial charge in [-0.1, -0.05) is 36.8 Å². The fourth-order valence-electron chi connectivity index (χ4n) is 3.30. The van der Waals surface area contributed by atoms with E-state index < -0.39 is 0 Å². The molecule has 15 heavy (non-hydrogen) atoms. The van der Waals surface area contributed by atoms with E-state index in [2.05, 4.69) is 35.2 Å². The average molecular weight is 201 g/mol. The number of benzene rings is 1. The molecule has 0 bridgehead atoms. The Kier molecular flexibility index (Phi) is 2.49. The van der Waals surface area contributed by atoms with Gasteiger partial charge in [0.05, 0.1) is 0 Å². The van der Waals surface area contributed by atoms with Crippen molar-refractivity contribution in [3.8, 4) is 0 Å². The van der Waals surface area contributed by atoms with Crippen molar-refractivity contribution in [2.75, 3.05) is 13.1 Å². The highest BCUT2D eigenvalue weighted by Gasteiger charge is 2.35. The van der Waals surface area contributed by atoms with Crippen LogP contribution in [-0.4, -0.2) is 18.0 Å². The molecule has 1 saturated carbocycles. The molecule has 1 heteroatoms. The second-order valence-corrected chi connectivity index (χ2v) is 5.13. The van der Waals surface area contributed by atoms with Crippen molar-refractivity contribution in [1.29, 1.82) is 0 Å². The zero-order valence-electron chi connectivity index (χ0n) is 9.23. The Bertz CT molecular complexity index is 307. The van der Waals surface area contributed by atoms with Crippen LogP contribution in [0.5, 0.6) is 0 Å². The third kappa shape index (κ3) is 1.93. The Labute approximate surface area is 92.1 Å². The summed E-state index contributed by atoms with van der Waals surface area (Å²) in [7, 11) is 0. The molecule has 1 aromatic carbocycles. The highest BCUT2D eigenvalue weighted by Crippen LogP contribution is 2.38. The summed E-state index contributed by atoms with van der Waals surface area (Å²) in [6, 6.07) is 10.9. The lowest BCUT2D eigenvalue weighted by Crippen LogP contribution is -2.20. The number of hydrogen-bond acceptors (Lipinski definition) is 1. The van der Waals surface area contributed by atoms with E-state index in [1.54, 1.807) is 0 Å². The predicted octanol–water partition coefficient (Wildman–Crippen LogP) is 2.92. The fourth-order valence-corrected chi connectivity index (χ4v) is 3.30. The Morgan fingerprint density at radius 1 is 1.00 bits per heavy atom. The third-order valence-corrected chi connectivity index (χ3v) is 4.05. The number of fused-ring (bicyclic) bond motifs is 1. The molecule has 2 fully saturated rings. The summed E-state index contributed by atoms with van der Waals surface area (Å²) in [6.07, 6.45) is 4.44. The lowest BCUT2D eigenvalue weighted by Gasteiger charge is -2.16. The van der Waals surface area contributed by atoms with Crippen molar-refractivity contribution in [2.24, 2.45) is 11.8 Å². The largest absolute Gasteiger partial charge is 0.299 e. The molecule has 1 saturated heterocycles. The fraction of sp³-hybridized carbons (Fsp3) is 0.571. The minimum atomic E-state index is 1.02. The maximum absolute atomic E-state index is 2.64.